The van der Waals surface area contributed by atoms with Crippen molar-refractivity contribution in [2.45, 2.75) is 45.8 Å². The molecule has 1 aromatic heterocycles. The Morgan fingerprint density at radius 1 is 1.44 bits per heavy atom. The van der Waals surface area contributed by atoms with Crippen LogP contribution in [0.15, 0.2) is 29.6 Å². The third kappa shape index (κ3) is 5.20. The fraction of sp³-hybridized carbons (Fsp3) is 0.381. The second-order valence-electron chi connectivity index (χ2n) is 6.82. The standard InChI is InChI=1S/C21H25N3O3/c1-7-15-10-16-11-17(9-14(3)19(16)22-12-15)27-18(8-2)20(25)24-21(4,5)13-23-26-6/h1,9-13,18H,8H2,2-6H3,(H,24,25). The molecule has 0 fully saturated rings. The van der Waals surface area contributed by atoms with Gasteiger partial charge in [0, 0.05) is 17.1 Å². The average molecular weight is 367 g/mol. The van der Waals surface area contributed by atoms with Crippen molar-refractivity contribution in [3.8, 4) is 18.1 Å². The second-order valence-corrected chi connectivity index (χ2v) is 6.82. The predicted octanol–water partition coefficient (Wildman–Crippen LogP) is 3.21. The molecule has 27 heavy (non-hydrogen) atoms. The lowest BCUT2D eigenvalue weighted by molar-refractivity contribution is -0.129. The second kappa shape index (κ2) is 8.54. The van der Waals surface area contributed by atoms with Gasteiger partial charge in [0.05, 0.1) is 17.3 Å². The van der Waals surface area contributed by atoms with E-state index in [9.17, 15) is 4.79 Å². The number of amides is 1. The lowest BCUT2D eigenvalue weighted by Crippen LogP contribution is -2.50. The van der Waals surface area contributed by atoms with Crippen LogP contribution in [0, 0.1) is 19.3 Å². The van der Waals surface area contributed by atoms with E-state index in [1.165, 1.54) is 13.3 Å². The van der Waals surface area contributed by atoms with Crippen LogP contribution < -0.4 is 10.1 Å². The Labute approximate surface area is 159 Å². The Kier molecular flexibility index (Phi) is 6.40. The number of rotatable bonds is 7. The topological polar surface area (TPSA) is 72.8 Å². The van der Waals surface area contributed by atoms with Crippen molar-refractivity contribution < 1.29 is 14.4 Å². The Morgan fingerprint density at radius 2 is 2.19 bits per heavy atom. The van der Waals surface area contributed by atoms with Crippen LogP contribution in [0.5, 0.6) is 5.75 Å². The molecule has 1 atom stereocenters. The highest BCUT2D eigenvalue weighted by molar-refractivity contribution is 5.87. The van der Waals surface area contributed by atoms with E-state index in [0.29, 0.717) is 17.7 Å². The number of hydrogen-bond donors (Lipinski definition) is 1. The molecule has 0 spiro atoms. The highest BCUT2D eigenvalue weighted by Gasteiger charge is 2.25. The maximum Gasteiger partial charge on any atom is 0.261 e. The van der Waals surface area contributed by atoms with Gasteiger partial charge in [-0.2, -0.15) is 0 Å². The van der Waals surface area contributed by atoms with Gasteiger partial charge in [-0.25, -0.2) is 0 Å². The van der Waals surface area contributed by atoms with E-state index in [2.05, 4.69) is 26.2 Å². The fourth-order valence-electron chi connectivity index (χ4n) is 2.65. The molecule has 6 heteroatoms. The van der Waals surface area contributed by atoms with Crippen LogP contribution in [0.1, 0.15) is 38.3 Å². The molecule has 0 bridgehead atoms. The minimum absolute atomic E-state index is 0.224. The number of nitrogens with one attached hydrogen (secondary N) is 1. The molecule has 1 aromatic carbocycles. The molecule has 0 radical (unpaired) electrons. The zero-order valence-corrected chi connectivity index (χ0v) is 16.4. The van der Waals surface area contributed by atoms with Crippen molar-refractivity contribution in [1.82, 2.24) is 10.3 Å². The highest BCUT2D eigenvalue weighted by Crippen LogP contribution is 2.25. The molecule has 0 aliphatic rings. The number of hydrogen-bond acceptors (Lipinski definition) is 5. The van der Waals surface area contributed by atoms with Crippen LogP contribution in [-0.4, -0.2) is 35.9 Å². The largest absolute Gasteiger partial charge is 0.481 e. The van der Waals surface area contributed by atoms with Crippen LogP contribution in [0.4, 0.5) is 0 Å². The number of fused-ring (bicyclic) bond motifs is 1. The van der Waals surface area contributed by atoms with Crippen molar-refractivity contribution in [3.05, 3.63) is 35.5 Å². The van der Waals surface area contributed by atoms with Gasteiger partial charge >= 0.3 is 0 Å². The van der Waals surface area contributed by atoms with E-state index >= 15 is 0 Å². The minimum atomic E-state index is -0.658. The molecule has 0 aliphatic carbocycles. The van der Waals surface area contributed by atoms with Crippen LogP contribution in [0.3, 0.4) is 0 Å². The normalized spacial score (nSPS) is 12.6. The monoisotopic (exact) mass is 367 g/mol. The predicted molar refractivity (Wildman–Crippen MR) is 107 cm³/mol. The first-order valence-corrected chi connectivity index (χ1v) is 8.73. The smallest absolute Gasteiger partial charge is 0.261 e. The van der Waals surface area contributed by atoms with E-state index in [-0.39, 0.29) is 5.91 Å². The Hall–Kier alpha value is -3.07. The molecule has 2 rings (SSSR count). The maximum atomic E-state index is 12.6. The third-order valence-corrected chi connectivity index (χ3v) is 3.98. The van der Waals surface area contributed by atoms with Crippen molar-refractivity contribution >= 4 is 23.0 Å². The van der Waals surface area contributed by atoms with Gasteiger partial charge in [0.2, 0.25) is 0 Å². The van der Waals surface area contributed by atoms with E-state index in [1.807, 2.05) is 45.9 Å². The van der Waals surface area contributed by atoms with E-state index in [4.69, 9.17) is 11.2 Å². The van der Waals surface area contributed by atoms with E-state index in [0.717, 1.165) is 16.5 Å². The van der Waals surface area contributed by atoms with Gasteiger partial charge in [-0.05, 0) is 51.0 Å². The van der Waals surface area contributed by atoms with E-state index < -0.39 is 11.6 Å². The van der Waals surface area contributed by atoms with Crippen molar-refractivity contribution in [3.63, 3.8) is 0 Å². The first-order valence-electron chi connectivity index (χ1n) is 8.73. The van der Waals surface area contributed by atoms with Gasteiger partial charge in [-0.3, -0.25) is 9.78 Å². The first kappa shape index (κ1) is 20.2. The molecule has 0 saturated carbocycles. The summed E-state index contributed by atoms with van der Waals surface area (Å²) in [6, 6.07) is 5.61. The zero-order chi connectivity index (χ0) is 20.0. The summed E-state index contributed by atoms with van der Waals surface area (Å²) >= 11 is 0. The molecule has 1 unspecified atom stereocenters. The average Bonchev–Trinajstić information content (AvgIpc) is 2.63. The molecule has 6 nitrogen and oxygen atoms in total. The summed E-state index contributed by atoms with van der Waals surface area (Å²) in [7, 11) is 1.45. The number of pyridine rings is 1. The molecule has 1 N–H and O–H groups in total. The number of aryl methyl sites for hydroxylation is 1. The number of oxime groups is 1. The molecule has 0 aliphatic heterocycles. The number of benzene rings is 1. The summed E-state index contributed by atoms with van der Waals surface area (Å²) in [5.74, 6) is 2.96. The number of carbonyl (C=O) groups is 1. The number of nitrogens with zero attached hydrogens (tertiary/aromatic N) is 2. The minimum Gasteiger partial charge on any atom is -0.481 e. The molecule has 142 valence electrons. The lowest BCUT2D eigenvalue weighted by atomic mass is 10.1. The summed E-state index contributed by atoms with van der Waals surface area (Å²) in [4.78, 5) is 21.7. The lowest BCUT2D eigenvalue weighted by Gasteiger charge is -2.25. The Bertz CT molecular complexity index is 897. The summed E-state index contributed by atoms with van der Waals surface area (Å²) in [6.07, 6.45) is 8.54. The molecule has 1 heterocycles. The van der Waals surface area contributed by atoms with Crippen molar-refractivity contribution in [2.24, 2.45) is 5.16 Å². The molecular weight excluding hydrogens is 342 g/mol. The van der Waals surface area contributed by atoms with Crippen LogP contribution in [0.2, 0.25) is 0 Å². The molecule has 2 aromatic rings. The fourth-order valence-corrected chi connectivity index (χ4v) is 2.65. The van der Waals surface area contributed by atoms with Crippen LogP contribution in [-0.2, 0) is 9.63 Å². The van der Waals surface area contributed by atoms with Crippen molar-refractivity contribution in [1.29, 1.82) is 0 Å². The SMILES string of the molecule is C#Cc1cnc2c(C)cc(OC(CC)C(=O)NC(C)(C)C=NOC)cc2c1. The van der Waals surface area contributed by atoms with Crippen molar-refractivity contribution in [2.75, 3.05) is 7.11 Å². The number of carbonyl (C=O) groups excluding carboxylic acids is 1. The van der Waals surface area contributed by atoms with Gasteiger partial charge in [0.15, 0.2) is 6.10 Å². The number of ether oxygens (including phenoxy) is 1. The van der Waals surface area contributed by atoms with E-state index in [1.54, 1.807) is 6.20 Å². The number of terminal acetylenes is 1. The molecular formula is C21H25N3O3. The van der Waals surface area contributed by atoms with Crippen LogP contribution in [0.25, 0.3) is 10.9 Å². The Balaban J connectivity index is 2.24. The quantitative estimate of drug-likeness (QED) is 0.463. The number of aromatic nitrogens is 1. The first-order chi connectivity index (χ1) is 12.8. The molecule has 0 saturated heterocycles. The third-order valence-electron chi connectivity index (χ3n) is 3.98. The highest BCUT2D eigenvalue weighted by atomic mass is 16.6. The van der Waals surface area contributed by atoms with Crippen LogP contribution >= 0.6 is 0 Å². The van der Waals surface area contributed by atoms with Gasteiger partial charge < -0.3 is 14.9 Å². The van der Waals surface area contributed by atoms with Gasteiger partial charge in [-0.15, -0.1) is 6.42 Å². The van der Waals surface area contributed by atoms with Gasteiger partial charge in [0.1, 0.15) is 12.9 Å². The maximum absolute atomic E-state index is 12.6. The van der Waals surface area contributed by atoms with Gasteiger partial charge in [0.25, 0.3) is 5.91 Å². The summed E-state index contributed by atoms with van der Waals surface area (Å²) in [5, 5.41) is 7.50. The summed E-state index contributed by atoms with van der Waals surface area (Å²) < 4.78 is 5.97. The summed E-state index contributed by atoms with van der Waals surface area (Å²) in [5.41, 5.74) is 1.85. The molecule has 1 amide bonds. The Morgan fingerprint density at radius 3 is 2.81 bits per heavy atom. The zero-order valence-electron chi connectivity index (χ0n) is 16.4. The summed E-state index contributed by atoms with van der Waals surface area (Å²) in [6.45, 7) is 7.50. The van der Waals surface area contributed by atoms with Gasteiger partial charge in [-0.1, -0.05) is 18.0 Å².